The third-order valence-corrected chi connectivity index (χ3v) is 5.12. The monoisotopic (exact) mass is 345 g/mol. The van der Waals surface area contributed by atoms with E-state index in [4.69, 9.17) is 14.7 Å². The summed E-state index contributed by atoms with van der Waals surface area (Å²) >= 11 is 0. The smallest absolute Gasteiger partial charge is 0.196 e. The van der Waals surface area contributed by atoms with Crippen LogP contribution in [0.3, 0.4) is 0 Å². The highest BCUT2D eigenvalue weighted by Crippen LogP contribution is 2.25. The van der Waals surface area contributed by atoms with Crippen LogP contribution in [0.5, 0.6) is 0 Å². The zero-order chi connectivity index (χ0) is 17.8. The molecule has 0 bridgehead atoms. The van der Waals surface area contributed by atoms with E-state index in [2.05, 4.69) is 17.0 Å². The van der Waals surface area contributed by atoms with Gasteiger partial charge in [0.1, 0.15) is 5.52 Å². The maximum absolute atomic E-state index is 8.93. The minimum absolute atomic E-state index is 0.673. The number of aromatic nitrogens is 1. The number of hydrogen-bond acceptors (Lipinski definition) is 4. The Morgan fingerprint density at radius 3 is 2.42 bits per heavy atom. The molecule has 4 heteroatoms. The molecule has 26 heavy (non-hydrogen) atoms. The largest absolute Gasteiger partial charge is 0.441 e. The predicted molar refractivity (Wildman–Crippen MR) is 103 cm³/mol. The minimum atomic E-state index is 0.673. The highest BCUT2D eigenvalue weighted by atomic mass is 16.3. The van der Waals surface area contributed by atoms with E-state index in [-0.39, 0.29) is 0 Å². The van der Waals surface area contributed by atoms with Gasteiger partial charge in [0.15, 0.2) is 11.5 Å². The van der Waals surface area contributed by atoms with Gasteiger partial charge in [0.05, 0.1) is 11.6 Å². The molecule has 0 amide bonds. The van der Waals surface area contributed by atoms with Crippen molar-refractivity contribution in [1.82, 2.24) is 9.88 Å². The van der Waals surface area contributed by atoms with Crippen LogP contribution in [0.2, 0.25) is 0 Å². The summed E-state index contributed by atoms with van der Waals surface area (Å²) in [5.74, 6) is 0.821. The molecular formula is C22H23N3O. The van der Waals surface area contributed by atoms with Crippen LogP contribution in [0.4, 0.5) is 0 Å². The van der Waals surface area contributed by atoms with Crippen molar-refractivity contribution in [2.75, 3.05) is 19.6 Å². The molecule has 0 N–H and O–H groups in total. The lowest BCUT2D eigenvalue weighted by Crippen LogP contribution is -2.27. The van der Waals surface area contributed by atoms with E-state index in [1.807, 2.05) is 36.4 Å². The second kappa shape index (κ2) is 7.72. The number of likely N-dealkylation sites (tertiary alicyclic amines) is 1. The van der Waals surface area contributed by atoms with Crippen LogP contribution >= 0.6 is 0 Å². The standard InChI is InChI=1S/C22H23N3O/c23-16-17-5-7-18(8-6-17)19-9-10-21-20(15-19)24-22(26-21)11-14-25-12-3-1-2-4-13-25/h5-10,15H,1-4,11-14H2. The molecule has 132 valence electrons. The lowest BCUT2D eigenvalue weighted by molar-refractivity contribution is 0.280. The van der Waals surface area contributed by atoms with Crippen LogP contribution in [-0.4, -0.2) is 29.5 Å². The molecule has 4 nitrogen and oxygen atoms in total. The summed E-state index contributed by atoms with van der Waals surface area (Å²) in [4.78, 5) is 7.23. The average Bonchev–Trinajstić information content (AvgIpc) is 2.91. The second-order valence-electron chi connectivity index (χ2n) is 6.99. The molecule has 2 heterocycles. The molecule has 0 aliphatic carbocycles. The highest BCUT2D eigenvalue weighted by molar-refractivity contribution is 5.80. The molecule has 0 saturated carbocycles. The fourth-order valence-electron chi connectivity index (χ4n) is 3.61. The van der Waals surface area contributed by atoms with Gasteiger partial charge in [-0.05, 0) is 61.3 Å². The Hall–Kier alpha value is -2.64. The molecule has 3 aromatic rings. The number of oxazole rings is 1. The highest BCUT2D eigenvalue weighted by Gasteiger charge is 2.12. The Morgan fingerprint density at radius 1 is 0.962 bits per heavy atom. The summed E-state index contributed by atoms with van der Waals surface area (Å²) in [6, 6.07) is 15.9. The maximum Gasteiger partial charge on any atom is 0.196 e. The first-order chi connectivity index (χ1) is 12.8. The van der Waals surface area contributed by atoms with E-state index in [0.29, 0.717) is 5.56 Å². The fourth-order valence-corrected chi connectivity index (χ4v) is 3.61. The molecule has 0 spiro atoms. The number of benzene rings is 2. The van der Waals surface area contributed by atoms with Crippen molar-refractivity contribution in [3.63, 3.8) is 0 Å². The zero-order valence-electron chi connectivity index (χ0n) is 14.9. The molecule has 1 aliphatic rings. The summed E-state index contributed by atoms with van der Waals surface area (Å²) in [5, 5.41) is 8.93. The molecule has 2 aromatic carbocycles. The molecule has 0 radical (unpaired) electrons. The van der Waals surface area contributed by atoms with E-state index in [1.54, 1.807) is 0 Å². The number of nitrogens with zero attached hydrogens (tertiary/aromatic N) is 3. The first-order valence-corrected chi connectivity index (χ1v) is 9.44. The first-order valence-electron chi connectivity index (χ1n) is 9.44. The Balaban J connectivity index is 1.49. The fraction of sp³-hybridized carbons (Fsp3) is 0.364. The normalized spacial score (nSPS) is 15.7. The van der Waals surface area contributed by atoms with Crippen molar-refractivity contribution < 1.29 is 4.42 Å². The molecule has 1 aliphatic heterocycles. The molecule has 4 rings (SSSR count). The summed E-state index contributed by atoms with van der Waals surface area (Å²) in [7, 11) is 0. The van der Waals surface area contributed by atoms with Gasteiger partial charge in [-0.2, -0.15) is 5.26 Å². The Kier molecular flexibility index (Phi) is 4.99. The molecular weight excluding hydrogens is 322 g/mol. The van der Waals surface area contributed by atoms with Crippen molar-refractivity contribution in [1.29, 1.82) is 5.26 Å². The van der Waals surface area contributed by atoms with Gasteiger partial charge in [-0.1, -0.05) is 31.0 Å². The van der Waals surface area contributed by atoms with E-state index < -0.39 is 0 Å². The number of fused-ring (bicyclic) bond motifs is 1. The van der Waals surface area contributed by atoms with Crippen LogP contribution in [0.1, 0.15) is 37.1 Å². The zero-order valence-corrected chi connectivity index (χ0v) is 14.9. The first kappa shape index (κ1) is 16.8. The summed E-state index contributed by atoms with van der Waals surface area (Å²) in [6.07, 6.45) is 6.19. The van der Waals surface area contributed by atoms with Gasteiger partial charge in [0.25, 0.3) is 0 Å². The summed E-state index contributed by atoms with van der Waals surface area (Å²) < 4.78 is 5.94. The Bertz CT molecular complexity index is 913. The van der Waals surface area contributed by atoms with Crippen LogP contribution < -0.4 is 0 Å². The van der Waals surface area contributed by atoms with E-state index in [1.165, 1.54) is 38.8 Å². The third kappa shape index (κ3) is 3.79. The molecule has 1 saturated heterocycles. The van der Waals surface area contributed by atoms with Crippen LogP contribution in [0, 0.1) is 11.3 Å². The van der Waals surface area contributed by atoms with Crippen LogP contribution in [0.15, 0.2) is 46.9 Å². The third-order valence-electron chi connectivity index (χ3n) is 5.12. The van der Waals surface area contributed by atoms with Gasteiger partial charge < -0.3 is 9.32 Å². The van der Waals surface area contributed by atoms with Crippen molar-refractivity contribution in [2.24, 2.45) is 0 Å². The quantitative estimate of drug-likeness (QED) is 0.682. The molecule has 0 atom stereocenters. The van der Waals surface area contributed by atoms with E-state index in [0.717, 1.165) is 41.1 Å². The SMILES string of the molecule is N#Cc1ccc(-c2ccc3oc(CCN4CCCCCC4)nc3c2)cc1. The van der Waals surface area contributed by atoms with Crippen LogP contribution in [-0.2, 0) is 6.42 Å². The van der Waals surface area contributed by atoms with Gasteiger partial charge in [-0.15, -0.1) is 0 Å². The van der Waals surface area contributed by atoms with Crippen molar-refractivity contribution in [3.05, 3.63) is 53.9 Å². The Morgan fingerprint density at radius 2 is 1.69 bits per heavy atom. The lowest BCUT2D eigenvalue weighted by Gasteiger charge is -2.18. The van der Waals surface area contributed by atoms with Gasteiger partial charge in [-0.3, -0.25) is 0 Å². The van der Waals surface area contributed by atoms with Gasteiger partial charge >= 0.3 is 0 Å². The topological polar surface area (TPSA) is 53.1 Å². The minimum Gasteiger partial charge on any atom is -0.441 e. The predicted octanol–water partition coefficient (Wildman–Crippen LogP) is 4.78. The Labute approximate surface area is 154 Å². The summed E-state index contributed by atoms with van der Waals surface area (Å²) in [6.45, 7) is 3.42. The second-order valence-corrected chi connectivity index (χ2v) is 6.99. The molecule has 1 aromatic heterocycles. The van der Waals surface area contributed by atoms with E-state index >= 15 is 0 Å². The average molecular weight is 345 g/mol. The van der Waals surface area contributed by atoms with Gasteiger partial charge in [0, 0.05) is 13.0 Å². The summed E-state index contributed by atoms with van der Waals surface area (Å²) in [5.41, 5.74) is 4.59. The van der Waals surface area contributed by atoms with Crippen molar-refractivity contribution in [3.8, 4) is 17.2 Å². The van der Waals surface area contributed by atoms with Gasteiger partial charge in [-0.25, -0.2) is 4.98 Å². The number of nitriles is 1. The lowest BCUT2D eigenvalue weighted by atomic mass is 10.0. The number of hydrogen-bond donors (Lipinski definition) is 0. The number of rotatable bonds is 4. The molecule has 1 fully saturated rings. The van der Waals surface area contributed by atoms with E-state index in [9.17, 15) is 0 Å². The van der Waals surface area contributed by atoms with Crippen LogP contribution in [0.25, 0.3) is 22.2 Å². The molecule has 0 unspecified atom stereocenters. The van der Waals surface area contributed by atoms with Crippen molar-refractivity contribution in [2.45, 2.75) is 32.1 Å². The maximum atomic E-state index is 8.93. The van der Waals surface area contributed by atoms with Gasteiger partial charge in [0.2, 0.25) is 0 Å². The van der Waals surface area contributed by atoms with Crippen molar-refractivity contribution >= 4 is 11.1 Å².